The van der Waals surface area contributed by atoms with E-state index in [4.69, 9.17) is 4.74 Å². The molecule has 1 aliphatic rings. The highest BCUT2D eigenvalue weighted by molar-refractivity contribution is 5.99. The largest absolute Gasteiger partial charge is 0.444 e. The number of carbonyl (C=O) groups excluding carboxylic acids is 3. The first-order chi connectivity index (χ1) is 15.6. The minimum absolute atomic E-state index is 0.148. The second kappa shape index (κ2) is 10.3. The summed E-state index contributed by atoms with van der Waals surface area (Å²) in [4.78, 5) is 39.0. The van der Waals surface area contributed by atoms with E-state index in [0.717, 1.165) is 6.07 Å². The molecule has 0 radical (unpaired) electrons. The molecule has 1 saturated heterocycles. The molecule has 0 aliphatic carbocycles. The van der Waals surface area contributed by atoms with Crippen LogP contribution in [0, 0.1) is 11.7 Å². The van der Waals surface area contributed by atoms with Crippen LogP contribution < -0.4 is 16.0 Å². The molecule has 176 valence electrons. The lowest BCUT2D eigenvalue weighted by molar-refractivity contribution is -0.121. The predicted molar refractivity (Wildman–Crippen MR) is 125 cm³/mol. The molecule has 3 N–H and O–H groups in total. The van der Waals surface area contributed by atoms with E-state index in [9.17, 15) is 18.8 Å². The van der Waals surface area contributed by atoms with Crippen molar-refractivity contribution < 1.29 is 23.5 Å². The number of para-hydroxylation sites is 1. The van der Waals surface area contributed by atoms with E-state index in [1.807, 2.05) is 18.2 Å². The van der Waals surface area contributed by atoms with Crippen molar-refractivity contribution in [2.75, 3.05) is 29.0 Å². The summed E-state index contributed by atoms with van der Waals surface area (Å²) in [7, 11) is 0. The third-order valence-corrected chi connectivity index (χ3v) is 5.05. The molecule has 1 heterocycles. The van der Waals surface area contributed by atoms with Crippen molar-refractivity contribution in [3.8, 4) is 0 Å². The first-order valence-corrected chi connectivity index (χ1v) is 10.8. The van der Waals surface area contributed by atoms with Crippen LogP contribution in [0.1, 0.15) is 33.6 Å². The molecule has 0 unspecified atom stereocenters. The van der Waals surface area contributed by atoms with Crippen LogP contribution in [0.4, 0.5) is 31.0 Å². The van der Waals surface area contributed by atoms with Gasteiger partial charge in [0.05, 0.1) is 11.4 Å². The molecule has 33 heavy (non-hydrogen) atoms. The normalized spacial score (nSPS) is 14.4. The van der Waals surface area contributed by atoms with Crippen molar-refractivity contribution in [1.29, 1.82) is 0 Å². The Labute approximate surface area is 192 Å². The summed E-state index contributed by atoms with van der Waals surface area (Å²) in [6.45, 7) is 6.02. The summed E-state index contributed by atoms with van der Waals surface area (Å²) in [6.07, 6.45) is 0.235. The summed E-state index contributed by atoms with van der Waals surface area (Å²) in [6, 6.07) is 12.6. The maximum Gasteiger partial charge on any atom is 0.412 e. The molecule has 0 saturated carbocycles. The number of rotatable bonds is 4. The van der Waals surface area contributed by atoms with Gasteiger partial charge in [0.25, 0.3) is 0 Å². The van der Waals surface area contributed by atoms with Gasteiger partial charge in [-0.3, -0.25) is 10.1 Å². The van der Waals surface area contributed by atoms with Gasteiger partial charge in [-0.05, 0) is 63.9 Å². The highest BCUT2D eigenvalue weighted by atomic mass is 19.1. The number of carbonyl (C=O) groups is 3. The standard InChI is InChI=1S/C24H29FN4O4/c1-24(2,3)33-23(32)28-19-10-9-17(25)15-20(19)27-21(30)16-11-13-29(14-12-16)22(31)26-18-7-5-4-6-8-18/h4-10,15-16H,11-14H2,1-3H3,(H,26,31)(H,27,30)(H,28,32). The molecule has 9 heteroatoms. The number of piperidine rings is 1. The van der Waals surface area contributed by atoms with Crippen molar-refractivity contribution >= 4 is 35.1 Å². The summed E-state index contributed by atoms with van der Waals surface area (Å²) >= 11 is 0. The van der Waals surface area contributed by atoms with Crippen molar-refractivity contribution in [3.63, 3.8) is 0 Å². The lowest BCUT2D eigenvalue weighted by Gasteiger charge is -2.31. The first-order valence-electron chi connectivity index (χ1n) is 10.8. The fourth-order valence-corrected chi connectivity index (χ4v) is 3.45. The van der Waals surface area contributed by atoms with Gasteiger partial charge in [-0.25, -0.2) is 14.0 Å². The topological polar surface area (TPSA) is 99.8 Å². The Morgan fingerprint density at radius 1 is 0.939 bits per heavy atom. The molecule has 0 bridgehead atoms. The van der Waals surface area contributed by atoms with Crippen LogP contribution in [0.3, 0.4) is 0 Å². The smallest absolute Gasteiger partial charge is 0.412 e. The van der Waals surface area contributed by atoms with Gasteiger partial charge in [0, 0.05) is 24.7 Å². The molecule has 2 aromatic rings. The number of benzene rings is 2. The highest BCUT2D eigenvalue weighted by Crippen LogP contribution is 2.26. The first kappa shape index (κ1) is 24.0. The van der Waals surface area contributed by atoms with Crippen molar-refractivity contribution in [2.45, 2.75) is 39.2 Å². The summed E-state index contributed by atoms with van der Waals surface area (Å²) < 4.78 is 19.0. The van der Waals surface area contributed by atoms with E-state index in [1.165, 1.54) is 12.1 Å². The van der Waals surface area contributed by atoms with Crippen LogP contribution in [-0.2, 0) is 9.53 Å². The minimum atomic E-state index is -0.706. The van der Waals surface area contributed by atoms with Crippen molar-refractivity contribution in [1.82, 2.24) is 4.90 Å². The average molecular weight is 457 g/mol. The van der Waals surface area contributed by atoms with E-state index in [1.54, 1.807) is 37.8 Å². The number of halogens is 1. The molecule has 4 amide bonds. The monoisotopic (exact) mass is 456 g/mol. The summed E-state index contributed by atoms with van der Waals surface area (Å²) in [5.41, 5.74) is 0.390. The van der Waals surface area contributed by atoms with E-state index in [0.29, 0.717) is 31.6 Å². The van der Waals surface area contributed by atoms with Crippen LogP contribution in [0.15, 0.2) is 48.5 Å². The highest BCUT2D eigenvalue weighted by Gasteiger charge is 2.28. The lowest BCUT2D eigenvalue weighted by atomic mass is 9.96. The van der Waals surface area contributed by atoms with Crippen molar-refractivity contribution in [3.05, 3.63) is 54.3 Å². The number of nitrogens with zero attached hydrogens (tertiary/aromatic N) is 1. The van der Waals surface area contributed by atoms with Crippen LogP contribution >= 0.6 is 0 Å². The van der Waals surface area contributed by atoms with E-state index < -0.39 is 17.5 Å². The van der Waals surface area contributed by atoms with E-state index in [2.05, 4.69) is 16.0 Å². The van der Waals surface area contributed by atoms with E-state index in [-0.39, 0.29) is 29.2 Å². The third-order valence-electron chi connectivity index (χ3n) is 5.05. The van der Waals surface area contributed by atoms with Crippen molar-refractivity contribution in [2.24, 2.45) is 5.92 Å². The number of hydrogen-bond acceptors (Lipinski definition) is 4. The second-order valence-corrected chi connectivity index (χ2v) is 8.86. The van der Waals surface area contributed by atoms with Crippen LogP contribution in [0.25, 0.3) is 0 Å². The van der Waals surface area contributed by atoms with Gasteiger partial charge in [0.2, 0.25) is 5.91 Å². The minimum Gasteiger partial charge on any atom is -0.444 e. The number of anilines is 3. The molecule has 0 aromatic heterocycles. The summed E-state index contributed by atoms with van der Waals surface area (Å²) in [5, 5.41) is 8.09. The van der Waals surface area contributed by atoms with Gasteiger partial charge >= 0.3 is 12.1 Å². The Morgan fingerprint density at radius 2 is 1.61 bits per heavy atom. The molecular weight excluding hydrogens is 427 g/mol. The Balaban J connectivity index is 1.57. The maximum absolute atomic E-state index is 13.8. The van der Waals surface area contributed by atoms with Gasteiger partial charge < -0.3 is 20.3 Å². The van der Waals surface area contributed by atoms with Gasteiger partial charge in [-0.1, -0.05) is 18.2 Å². The summed E-state index contributed by atoms with van der Waals surface area (Å²) in [5.74, 6) is -1.19. The number of ether oxygens (including phenoxy) is 1. The average Bonchev–Trinajstić information content (AvgIpc) is 2.75. The molecule has 2 aromatic carbocycles. The second-order valence-electron chi connectivity index (χ2n) is 8.86. The number of likely N-dealkylation sites (tertiary alicyclic amines) is 1. The van der Waals surface area contributed by atoms with Crippen LogP contribution in [-0.4, -0.2) is 41.6 Å². The number of amides is 4. The van der Waals surface area contributed by atoms with E-state index >= 15 is 0 Å². The molecule has 8 nitrogen and oxygen atoms in total. The van der Waals surface area contributed by atoms with Crippen LogP contribution in [0.2, 0.25) is 0 Å². The lowest BCUT2D eigenvalue weighted by Crippen LogP contribution is -2.43. The molecular formula is C24H29FN4O4. The number of nitrogens with one attached hydrogen (secondary N) is 3. The zero-order chi connectivity index (χ0) is 24.0. The molecule has 0 spiro atoms. The fraction of sp³-hybridized carbons (Fsp3) is 0.375. The Bertz CT molecular complexity index is 999. The van der Waals surface area contributed by atoms with Gasteiger partial charge in [-0.2, -0.15) is 0 Å². The SMILES string of the molecule is CC(C)(C)OC(=O)Nc1ccc(F)cc1NC(=O)C1CCN(C(=O)Nc2ccccc2)CC1. The van der Waals surface area contributed by atoms with Gasteiger partial charge in [-0.15, -0.1) is 0 Å². The molecule has 1 fully saturated rings. The Hall–Kier alpha value is -3.62. The molecule has 3 rings (SSSR count). The Morgan fingerprint density at radius 3 is 2.24 bits per heavy atom. The van der Waals surface area contributed by atoms with Gasteiger partial charge in [0.15, 0.2) is 0 Å². The quantitative estimate of drug-likeness (QED) is 0.599. The predicted octanol–water partition coefficient (Wildman–Crippen LogP) is 5.06. The maximum atomic E-state index is 13.8. The zero-order valence-corrected chi connectivity index (χ0v) is 19.0. The molecule has 1 aliphatic heterocycles. The fourth-order valence-electron chi connectivity index (χ4n) is 3.45. The zero-order valence-electron chi connectivity index (χ0n) is 19.0. The van der Waals surface area contributed by atoms with Crippen LogP contribution in [0.5, 0.6) is 0 Å². The number of urea groups is 1. The molecule has 0 atom stereocenters. The number of hydrogen-bond donors (Lipinski definition) is 3. The van der Waals surface area contributed by atoms with Gasteiger partial charge in [0.1, 0.15) is 11.4 Å². The Kier molecular flexibility index (Phi) is 7.52. The third kappa shape index (κ3) is 7.20.